The van der Waals surface area contributed by atoms with E-state index < -0.39 is 0 Å². The molecule has 6 heteroatoms. The van der Waals surface area contributed by atoms with Gasteiger partial charge in [-0.2, -0.15) is 0 Å². The zero-order chi connectivity index (χ0) is 12.4. The molecule has 17 heavy (non-hydrogen) atoms. The van der Waals surface area contributed by atoms with Crippen LogP contribution in [-0.2, 0) is 0 Å². The molecule has 2 rings (SSSR count). The van der Waals surface area contributed by atoms with Crippen LogP contribution < -0.4 is 5.32 Å². The first-order valence-corrected chi connectivity index (χ1v) is 7.76. The van der Waals surface area contributed by atoms with Crippen molar-refractivity contribution in [3.05, 3.63) is 48.4 Å². The number of benzene rings is 1. The largest absolute Gasteiger partial charge is 0.338 e. The average Bonchev–Trinajstić information content (AvgIpc) is 2.25. The summed E-state index contributed by atoms with van der Waals surface area (Å²) in [5.41, 5.74) is 0.962. The lowest BCUT2D eigenvalue weighted by Crippen LogP contribution is -1.95. The van der Waals surface area contributed by atoms with Gasteiger partial charge in [0, 0.05) is 19.6 Å². The molecule has 1 heterocycles. The number of hydrogen-bond donors (Lipinski definition) is 1. The van der Waals surface area contributed by atoms with Crippen LogP contribution in [0, 0.1) is 0 Å². The first-order valence-electron chi connectivity index (χ1n) is 4.59. The molecule has 0 radical (unpaired) electrons. The summed E-state index contributed by atoms with van der Waals surface area (Å²) >= 11 is 13.7. The molecule has 2 aromatic rings. The predicted octanol–water partition coefficient (Wildman–Crippen LogP) is 5.88. The second-order valence-corrected chi connectivity index (χ2v) is 6.77. The van der Waals surface area contributed by atoms with E-state index in [1.165, 1.54) is 0 Å². The van der Waals surface area contributed by atoms with E-state index in [-0.39, 0.29) is 0 Å². The fourth-order valence-electron chi connectivity index (χ4n) is 1.22. The normalized spacial score (nSPS) is 10.4. The number of rotatable bonds is 2. The Kier molecular flexibility index (Phi) is 4.63. The smallest absolute Gasteiger partial charge is 0.144 e. The van der Waals surface area contributed by atoms with Crippen LogP contribution in [0.2, 0.25) is 0 Å². The molecule has 0 atom stereocenters. The van der Waals surface area contributed by atoms with Gasteiger partial charge in [0.05, 0.1) is 10.2 Å². The van der Waals surface area contributed by atoms with Gasteiger partial charge in [0.25, 0.3) is 0 Å². The first-order chi connectivity index (χ1) is 8.06. The van der Waals surface area contributed by atoms with E-state index >= 15 is 0 Å². The Bertz CT molecular complexity index is 508. The minimum absolute atomic E-state index is 0.774. The van der Waals surface area contributed by atoms with Crippen molar-refractivity contribution in [3.63, 3.8) is 0 Å². The molecule has 1 aromatic carbocycles. The third kappa shape index (κ3) is 3.53. The summed E-state index contributed by atoms with van der Waals surface area (Å²) < 4.78 is 3.84. The minimum atomic E-state index is 0.774. The molecule has 0 unspecified atom stereocenters. The Morgan fingerprint density at radius 2 is 1.59 bits per heavy atom. The van der Waals surface area contributed by atoms with Crippen molar-refractivity contribution in [2.24, 2.45) is 0 Å². The SMILES string of the molecule is Brc1ccc(Nc2ncc(Br)cc2Br)c(Br)c1. The van der Waals surface area contributed by atoms with Crippen molar-refractivity contribution in [2.45, 2.75) is 0 Å². The molecule has 2 nitrogen and oxygen atoms in total. The van der Waals surface area contributed by atoms with Crippen LogP contribution in [0.15, 0.2) is 48.4 Å². The molecule has 1 N–H and O–H groups in total. The van der Waals surface area contributed by atoms with Crippen LogP contribution in [0.25, 0.3) is 0 Å². The number of aromatic nitrogens is 1. The number of anilines is 2. The van der Waals surface area contributed by atoms with Gasteiger partial charge >= 0.3 is 0 Å². The van der Waals surface area contributed by atoms with Gasteiger partial charge < -0.3 is 5.32 Å². The quantitative estimate of drug-likeness (QED) is 0.575. The maximum atomic E-state index is 4.30. The van der Waals surface area contributed by atoms with Gasteiger partial charge in [0.15, 0.2) is 0 Å². The summed E-state index contributed by atoms with van der Waals surface area (Å²) in [6.07, 6.45) is 1.75. The summed E-state index contributed by atoms with van der Waals surface area (Å²) in [5.74, 6) is 0.774. The van der Waals surface area contributed by atoms with Crippen molar-refractivity contribution < 1.29 is 0 Å². The summed E-state index contributed by atoms with van der Waals surface area (Å²) in [7, 11) is 0. The predicted molar refractivity (Wildman–Crippen MR) is 84.8 cm³/mol. The molecule has 0 amide bonds. The summed E-state index contributed by atoms with van der Waals surface area (Å²) in [5, 5.41) is 3.25. The Morgan fingerprint density at radius 3 is 2.24 bits per heavy atom. The zero-order valence-corrected chi connectivity index (χ0v) is 14.7. The fourth-order valence-corrected chi connectivity index (χ4v) is 3.46. The number of nitrogens with one attached hydrogen (secondary N) is 1. The fraction of sp³-hybridized carbons (Fsp3) is 0. The molecular weight excluding hydrogens is 480 g/mol. The van der Waals surface area contributed by atoms with E-state index in [9.17, 15) is 0 Å². The standard InChI is InChI=1S/C11H6Br4N2/c12-6-1-2-10(8(14)3-6)17-11-9(15)4-7(13)5-16-11/h1-5H,(H,16,17). The number of hydrogen-bond acceptors (Lipinski definition) is 2. The lowest BCUT2D eigenvalue weighted by Gasteiger charge is -2.09. The molecule has 0 aliphatic rings. The van der Waals surface area contributed by atoms with Crippen molar-refractivity contribution >= 4 is 75.2 Å². The summed E-state index contributed by atoms with van der Waals surface area (Å²) in [6, 6.07) is 7.88. The third-order valence-electron chi connectivity index (χ3n) is 1.99. The van der Waals surface area contributed by atoms with E-state index in [4.69, 9.17) is 0 Å². The van der Waals surface area contributed by atoms with Gasteiger partial charge in [0.1, 0.15) is 5.82 Å². The molecule has 1 aromatic heterocycles. The summed E-state index contributed by atoms with van der Waals surface area (Å²) in [6.45, 7) is 0. The Hall–Kier alpha value is 0.0900. The molecular formula is C11H6Br4N2. The van der Waals surface area contributed by atoms with E-state index in [1.54, 1.807) is 6.20 Å². The monoisotopic (exact) mass is 482 g/mol. The van der Waals surface area contributed by atoms with Gasteiger partial charge in [-0.1, -0.05) is 15.9 Å². The molecule has 88 valence electrons. The Labute approximate surface area is 133 Å². The molecule has 0 spiro atoms. The third-order valence-corrected chi connectivity index (χ3v) is 4.18. The second-order valence-electron chi connectivity index (χ2n) is 3.23. The molecule has 0 bridgehead atoms. The van der Waals surface area contributed by atoms with Crippen molar-refractivity contribution in [1.29, 1.82) is 0 Å². The average molecular weight is 486 g/mol. The maximum Gasteiger partial charge on any atom is 0.144 e. The highest BCUT2D eigenvalue weighted by Crippen LogP contribution is 2.31. The van der Waals surface area contributed by atoms with Gasteiger partial charge in [0.2, 0.25) is 0 Å². The molecule has 0 saturated heterocycles. The lowest BCUT2D eigenvalue weighted by molar-refractivity contribution is 1.27. The molecule has 0 aliphatic heterocycles. The number of halogens is 4. The maximum absolute atomic E-state index is 4.30. The van der Waals surface area contributed by atoms with Gasteiger partial charge in [-0.25, -0.2) is 4.98 Å². The van der Waals surface area contributed by atoms with Crippen LogP contribution >= 0.6 is 63.7 Å². The Morgan fingerprint density at radius 1 is 0.882 bits per heavy atom. The van der Waals surface area contributed by atoms with Gasteiger partial charge in [-0.05, 0) is 72.1 Å². The zero-order valence-electron chi connectivity index (χ0n) is 8.35. The van der Waals surface area contributed by atoms with E-state index in [1.807, 2.05) is 24.3 Å². The molecule has 0 aliphatic carbocycles. The topological polar surface area (TPSA) is 24.9 Å². The van der Waals surface area contributed by atoms with Crippen LogP contribution in [0.4, 0.5) is 11.5 Å². The van der Waals surface area contributed by atoms with Crippen LogP contribution in [0.5, 0.6) is 0 Å². The van der Waals surface area contributed by atoms with Crippen LogP contribution in [0.1, 0.15) is 0 Å². The van der Waals surface area contributed by atoms with Crippen LogP contribution in [-0.4, -0.2) is 4.98 Å². The first kappa shape index (κ1) is 13.5. The second kappa shape index (κ2) is 5.82. The number of nitrogens with zero attached hydrogens (tertiary/aromatic N) is 1. The van der Waals surface area contributed by atoms with Crippen molar-refractivity contribution in [1.82, 2.24) is 4.98 Å². The van der Waals surface area contributed by atoms with E-state index in [0.717, 1.165) is 29.4 Å². The highest BCUT2D eigenvalue weighted by atomic mass is 79.9. The number of pyridine rings is 1. The molecule has 0 saturated carbocycles. The van der Waals surface area contributed by atoms with E-state index in [2.05, 4.69) is 74.0 Å². The highest BCUT2D eigenvalue weighted by Gasteiger charge is 2.05. The van der Waals surface area contributed by atoms with Crippen molar-refractivity contribution in [3.8, 4) is 0 Å². The van der Waals surface area contributed by atoms with E-state index in [0.29, 0.717) is 0 Å². The van der Waals surface area contributed by atoms with Gasteiger partial charge in [-0.15, -0.1) is 0 Å². The van der Waals surface area contributed by atoms with Crippen LogP contribution in [0.3, 0.4) is 0 Å². The highest BCUT2D eigenvalue weighted by molar-refractivity contribution is 9.11. The Balaban J connectivity index is 2.31. The van der Waals surface area contributed by atoms with Crippen molar-refractivity contribution in [2.75, 3.05) is 5.32 Å². The van der Waals surface area contributed by atoms with Gasteiger partial charge in [-0.3, -0.25) is 0 Å². The minimum Gasteiger partial charge on any atom is -0.338 e. The summed E-state index contributed by atoms with van der Waals surface area (Å²) in [4.78, 5) is 4.30. The molecule has 0 fully saturated rings. The lowest BCUT2D eigenvalue weighted by atomic mass is 10.3.